The summed E-state index contributed by atoms with van der Waals surface area (Å²) in [4.78, 5) is 22.4. The van der Waals surface area contributed by atoms with Crippen molar-refractivity contribution in [2.45, 2.75) is 6.42 Å². The average molecular weight is 283 g/mol. The lowest BCUT2D eigenvalue weighted by Crippen LogP contribution is -2.22. The number of rotatable bonds is 3. The molecule has 0 bridgehead atoms. The Labute approximate surface area is 121 Å². The van der Waals surface area contributed by atoms with Crippen LogP contribution in [0.4, 0.5) is 5.69 Å². The van der Waals surface area contributed by atoms with Gasteiger partial charge in [-0.1, -0.05) is 18.2 Å². The molecule has 106 valence electrons. The summed E-state index contributed by atoms with van der Waals surface area (Å²) < 4.78 is 5.51. The minimum absolute atomic E-state index is 0.272. The first-order valence-corrected chi connectivity index (χ1v) is 6.52. The van der Waals surface area contributed by atoms with Crippen LogP contribution < -0.4 is 10.7 Å². The number of ether oxygens (including phenoxy) is 1. The van der Waals surface area contributed by atoms with Crippen molar-refractivity contribution in [3.8, 4) is 0 Å². The molecule has 0 aliphatic carbocycles. The van der Waals surface area contributed by atoms with E-state index < -0.39 is 0 Å². The Morgan fingerprint density at radius 3 is 2.81 bits per heavy atom. The molecule has 0 saturated carbocycles. The molecule has 1 aromatic carbocycles. The molecule has 0 aromatic heterocycles. The molecular formula is C15H13N3O3. The SMILES string of the molecule is O=C1C=C(CCOC2=NNc3ccccc3C=C2)C(=O)N1. The van der Waals surface area contributed by atoms with Crippen LogP contribution >= 0.6 is 0 Å². The fourth-order valence-corrected chi connectivity index (χ4v) is 2.04. The highest BCUT2D eigenvalue weighted by Gasteiger charge is 2.20. The Balaban J connectivity index is 1.58. The van der Waals surface area contributed by atoms with Gasteiger partial charge in [-0.2, -0.15) is 0 Å². The summed E-state index contributed by atoms with van der Waals surface area (Å²) in [7, 11) is 0. The maximum absolute atomic E-state index is 11.4. The zero-order chi connectivity index (χ0) is 14.7. The van der Waals surface area contributed by atoms with Gasteiger partial charge in [0.15, 0.2) is 0 Å². The number of hydrazone groups is 1. The van der Waals surface area contributed by atoms with Gasteiger partial charge in [-0.15, -0.1) is 5.10 Å². The largest absolute Gasteiger partial charge is 0.476 e. The molecule has 2 amide bonds. The number of hydrogen-bond donors (Lipinski definition) is 2. The summed E-state index contributed by atoms with van der Waals surface area (Å²) in [6, 6.07) is 7.75. The van der Waals surface area contributed by atoms with Crippen molar-refractivity contribution in [2.75, 3.05) is 12.0 Å². The zero-order valence-corrected chi connectivity index (χ0v) is 11.1. The third kappa shape index (κ3) is 3.00. The lowest BCUT2D eigenvalue weighted by molar-refractivity contribution is -0.123. The Kier molecular flexibility index (Phi) is 3.51. The number of para-hydroxylation sites is 1. The van der Waals surface area contributed by atoms with Crippen LogP contribution in [0.25, 0.3) is 6.08 Å². The highest BCUT2D eigenvalue weighted by Crippen LogP contribution is 2.19. The van der Waals surface area contributed by atoms with Crippen molar-refractivity contribution in [3.05, 3.63) is 47.6 Å². The molecule has 6 heteroatoms. The van der Waals surface area contributed by atoms with E-state index >= 15 is 0 Å². The minimum Gasteiger partial charge on any atom is -0.476 e. The van der Waals surface area contributed by atoms with Crippen LogP contribution in [0.3, 0.4) is 0 Å². The van der Waals surface area contributed by atoms with E-state index in [2.05, 4.69) is 15.8 Å². The van der Waals surface area contributed by atoms with Crippen molar-refractivity contribution in [1.82, 2.24) is 5.32 Å². The van der Waals surface area contributed by atoms with Crippen molar-refractivity contribution in [2.24, 2.45) is 5.10 Å². The fraction of sp³-hybridized carbons (Fsp3) is 0.133. The van der Waals surface area contributed by atoms with Crippen LogP contribution in [-0.4, -0.2) is 24.3 Å². The standard InChI is InChI=1S/C15H13N3O3/c19-13-9-11(15(20)16-13)7-8-21-14-6-5-10-3-1-2-4-12(10)17-18-14/h1-6,9,17H,7-8H2,(H,16,19,20). The number of carbonyl (C=O) groups excluding carboxylic acids is 2. The first-order chi connectivity index (χ1) is 10.2. The summed E-state index contributed by atoms with van der Waals surface area (Å²) in [5.41, 5.74) is 5.26. The number of benzene rings is 1. The molecule has 1 aromatic rings. The molecule has 0 atom stereocenters. The number of carbonyl (C=O) groups is 2. The number of fused-ring (bicyclic) bond motifs is 1. The molecular weight excluding hydrogens is 270 g/mol. The first-order valence-electron chi connectivity index (χ1n) is 6.52. The van der Waals surface area contributed by atoms with E-state index in [9.17, 15) is 9.59 Å². The van der Waals surface area contributed by atoms with Crippen LogP contribution in [0, 0.1) is 0 Å². The molecule has 2 N–H and O–H groups in total. The van der Waals surface area contributed by atoms with Crippen molar-refractivity contribution in [3.63, 3.8) is 0 Å². The summed E-state index contributed by atoms with van der Waals surface area (Å²) >= 11 is 0. The van der Waals surface area contributed by atoms with E-state index in [0.717, 1.165) is 11.3 Å². The first kappa shape index (κ1) is 13.1. The van der Waals surface area contributed by atoms with Crippen molar-refractivity contribution >= 4 is 29.5 Å². The lowest BCUT2D eigenvalue weighted by atomic mass is 10.2. The van der Waals surface area contributed by atoms with Gasteiger partial charge in [0.05, 0.1) is 12.3 Å². The third-order valence-electron chi connectivity index (χ3n) is 3.11. The molecule has 0 unspecified atom stereocenters. The number of nitrogens with one attached hydrogen (secondary N) is 2. The quantitative estimate of drug-likeness (QED) is 0.822. The molecule has 2 aliphatic heterocycles. The fourth-order valence-electron chi connectivity index (χ4n) is 2.04. The van der Waals surface area contributed by atoms with Gasteiger partial charge in [0.1, 0.15) is 0 Å². The zero-order valence-electron chi connectivity index (χ0n) is 11.1. The summed E-state index contributed by atoms with van der Waals surface area (Å²) in [5.74, 6) is -0.303. The van der Waals surface area contributed by atoms with E-state index in [1.807, 2.05) is 30.3 Å². The van der Waals surface area contributed by atoms with Crippen LogP contribution in [0.1, 0.15) is 12.0 Å². The van der Waals surface area contributed by atoms with Gasteiger partial charge in [0, 0.05) is 24.1 Å². The van der Waals surface area contributed by atoms with Crippen LogP contribution in [0.5, 0.6) is 0 Å². The molecule has 2 heterocycles. The summed E-state index contributed by atoms with van der Waals surface area (Å²) in [6.07, 6.45) is 5.31. The molecule has 21 heavy (non-hydrogen) atoms. The maximum atomic E-state index is 11.4. The number of anilines is 1. The summed E-state index contributed by atoms with van der Waals surface area (Å²) in [5, 5.41) is 6.33. The molecule has 0 fully saturated rings. The molecule has 0 radical (unpaired) electrons. The third-order valence-corrected chi connectivity index (χ3v) is 3.11. The number of imide groups is 1. The number of hydrogen-bond acceptors (Lipinski definition) is 5. The van der Waals surface area contributed by atoms with E-state index in [4.69, 9.17) is 4.74 Å². The average Bonchev–Trinajstić information content (AvgIpc) is 2.69. The lowest BCUT2D eigenvalue weighted by Gasteiger charge is -2.05. The van der Waals surface area contributed by atoms with Gasteiger partial charge in [-0.25, -0.2) is 0 Å². The van der Waals surface area contributed by atoms with Gasteiger partial charge in [0.2, 0.25) is 5.90 Å². The van der Waals surface area contributed by atoms with E-state index in [1.54, 1.807) is 6.08 Å². The van der Waals surface area contributed by atoms with E-state index in [0.29, 0.717) is 17.9 Å². The molecule has 2 aliphatic rings. The van der Waals surface area contributed by atoms with Crippen molar-refractivity contribution < 1.29 is 14.3 Å². The second-order valence-corrected chi connectivity index (χ2v) is 4.57. The van der Waals surface area contributed by atoms with Crippen LogP contribution in [0.15, 0.2) is 47.1 Å². The van der Waals surface area contributed by atoms with Crippen LogP contribution in [0.2, 0.25) is 0 Å². The van der Waals surface area contributed by atoms with Gasteiger partial charge < -0.3 is 4.74 Å². The Hall–Kier alpha value is -2.89. The van der Waals surface area contributed by atoms with E-state index in [-0.39, 0.29) is 18.4 Å². The number of nitrogens with zero attached hydrogens (tertiary/aromatic N) is 1. The minimum atomic E-state index is -0.376. The smallest absolute Gasteiger partial charge is 0.254 e. The Morgan fingerprint density at radius 2 is 2.00 bits per heavy atom. The normalized spacial score (nSPS) is 16.4. The Morgan fingerprint density at radius 1 is 1.14 bits per heavy atom. The van der Waals surface area contributed by atoms with Gasteiger partial charge >= 0.3 is 0 Å². The summed E-state index contributed by atoms with van der Waals surface area (Å²) in [6.45, 7) is 0.272. The second kappa shape index (κ2) is 5.62. The second-order valence-electron chi connectivity index (χ2n) is 4.57. The van der Waals surface area contributed by atoms with Gasteiger partial charge in [-0.05, 0) is 17.7 Å². The molecule has 0 saturated heterocycles. The predicted molar refractivity (Wildman–Crippen MR) is 78.3 cm³/mol. The molecule has 3 rings (SSSR count). The van der Waals surface area contributed by atoms with Crippen molar-refractivity contribution in [1.29, 1.82) is 0 Å². The van der Waals surface area contributed by atoms with Crippen LogP contribution in [-0.2, 0) is 14.3 Å². The number of amides is 2. The highest BCUT2D eigenvalue weighted by atomic mass is 16.5. The topological polar surface area (TPSA) is 79.8 Å². The monoisotopic (exact) mass is 283 g/mol. The molecule has 0 spiro atoms. The Bertz CT molecular complexity index is 689. The maximum Gasteiger partial charge on any atom is 0.254 e. The van der Waals surface area contributed by atoms with Gasteiger partial charge in [-0.3, -0.25) is 20.3 Å². The van der Waals surface area contributed by atoms with Gasteiger partial charge in [0.25, 0.3) is 11.8 Å². The molecule has 6 nitrogen and oxygen atoms in total. The van der Waals surface area contributed by atoms with E-state index in [1.165, 1.54) is 6.08 Å². The predicted octanol–water partition coefficient (Wildman–Crippen LogP) is 1.43. The highest BCUT2D eigenvalue weighted by molar-refractivity contribution is 6.16.